The Kier molecular flexibility index (Phi) is 8.85. The summed E-state index contributed by atoms with van der Waals surface area (Å²) in [5.74, 6) is 0.0233. The summed E-state index contributed by atoms with van der Waals surface area (Å²) in [4.78, 5) is 15.9. The van der Waals surface area contributed by atoms with Crippen molar-refractivity contribution in [3.8, 4) is 0 Å². The Morgan fingerprint density at radius 1 is 1.00 bits per heavy atom. The van der Waals surface area contributed by atoms with Crippen LogP contribution in [0, 0.1) is 20.8 Å². The van der Waals surface area contributed by atoms with E-state index in [2.05, 4.69) is 69.1 Å². The summed E-state index contributed by atoms with van der Waals surface area (Å²) >= 11 is 0. The van der Waals surface area contributed by atoms with E-state index in [0.29, 0.717) is 19.7 Å². The van der Waals surface area contributed by atoms with E-state index in [1.165, 1.54) is 28.5 Å². The van der Waals surface area contributed by atoms with Crippen molar-refractivity contribution in [3.63, 3.8) is 0 Å². The van der Waals surface area contributed by atoms with Gasteiger partial charge in [-0.2, -0.15) is 0 Å². The van der Waals surface area contributed by atoms with Crippen LogP contribution in [0.15, 0.2) is 85.6 Å². The number of hydrogen-bond acceptors (Lipinski definition) is 3. The molecule has 0 aliphatic carbocycles. The van der Waals surface area contributed by atoms with Gasteiger partial charge in [-0.1, -0.05) is 72.8 Å². The largest absolute Gasteiger partial charge is 0.500 e. The third kappa shape index (κ3) is 6.80. The highest BCUT2D eigenvalue weighted by Gasteiger charge is 2.26. The van der Waals surface area contributed by atoms with Crippen LogP contribution in [0.25, 0.3) is 0 Å². The van der Waals surface area contributed by atoms with Crippen LogP contribution in [0.2, 0.25) is 0 Å². The molecule has 0 saturated heterocycles. The van der Waals surface area contributed by atoms with Crippen molar-refractivity contribution in [1.82, 2.24) is 5.32 Å². The molecule has 4 nitrogen and oxygen atoms in total. The van der Waals surface area contributed by atoms with Gasteiger partial charge in [-0.3, -0.25) is 10.1 Å². The Morgan fingerprint density at radius 2 is 1.73 bits per heavy atom. The zero-order valence-corrected chi connectivity index (χ0v) is 19.9. The van der Waals surface area contributed by atoms with Crippen LogP contribution in [-0.4, -0.2) is 25.6 Å². The fraction of sp³-hybridized carbons (Fsp3) is 0.276. The summed E-state index contributed by atoms with van der Waals surface area (Å²) in [7, 11) is 0. The highest BCUT2D eigenvalue weighted by atomic mass is 16.5. The van der Waals surface area contributed by atoms with Gasteiger partial charge in [0.15, 0.2) is 0 Å². The normalized spacial score (nSPS) is 11.6. The molecular formula is C29H34N2O2. The van der Waals surface area contributed by atoms with Crippen molar-refractivity contribution in [2.45, 2.75) is 33.2 Å². The van der Waals surface area contributed by atoms with Crippen LogP contribution in [0.1, 0.15) is 33.9 Å². The summed E-state index contributed by atoms with van der Waals surface area (Å²) in [5, 5.41) is 3.39. The van der Waals surface area contributed by atoms with E-state index in [9.17, 15) is 4.79 Å². The third-order valence-corrected chi connectivity index (χ3v) is 5.88. The Labute approximate surface area is 197 Å². The SMILES string of the molecule is C=COCCNC(C(=O)N(CCc1ccc(C)cc1)c1ccc(C)c(C)c1)c1ccccc1. The molecule has 1 atom stereocenters. The lowest BCUT2D eigenvalue weighted by Gasteiger charge is -2.29. The first-order valence-electron chi connectivity index (χ1n) is 11.4. The number of carbonyl (C=O) groups excluding carboxylic acids is 1. The molecule has 0 radical (unpaired) electrons. The van der Waals surface area contributed by atoms with Crippen LogP contribution in [0.4, 0.5) is 5.69 Å². The van der Waals surface area contributed by atoms with E-state index in [1.54, 1.807) is 0 Å². The molecule has 4 heteroatoms. The molecule has 3 aromatic rings. The van der Waals surface area contributed by atoms with Crippen molar-refractivity contribution >= 4 is 11.6 Å². The van der Waals surface area contributed by atoms with Crippen LogP contribution in [0.5, 0.6) is 0 Å². The summed E-state index contributed by atoms with van der Waals surface area (Å²) < 4.78 is 5.26. The number of nitrogens with zero attached hydrogens (tertiary/aromatic N) is 1. The fourth-order valence-corrected chi connectivity index (χ4v) is 3.75. The van der Waals surface area contributed by atoms with E-state index >= 15 is 0 Å². The number of rotatable bonds is 11. The third-order valence-electron chi connectivity index (χ3n) is 5.88. The summed E-state index contributed by atoms with van der Waals surface area (Å²) in [6.45, 7) is 11.4. The molecule has 1 amide bonds. The lowest BCUT2D eigenvalue weighted by molar-refractivity contribution is -0.120. The van der Waals surface area contributed by atoms with E-state index in [-0.39, 0.29) is 5.91 Å². The number of carbonyl (C=O) groups is 1. The molecule has 0 aromatic heterocycles. The standard InChI is InChI=1S/C29H34N2O2/c1-5-33-20-18-30-28(26-9-7-6-8-10-26)29(32)31(27-16-13-23(3)24(4)21-27)19-17-25-14-11-22(2)12-15-25/h5-16,21,28,30H,1,17-20H2,2-4H3. The van der Waals surface area contributed by atoms with Gasteiger partial charge >= 0.3 is 0 Å². The number of hydrogen-bond donors (Lipinski definition) is 1. The molecule has 172 valence electrons. The van der Waals surface area contributed by atoms with E-state index in [1.807, 2.05) is 41.3 Å². The molecule has 0 aliphatic rings. The average Bonchev–Trinajstić information content (AvgIpc) is 2.83. The van der Waals surface area contributed by atoms with Crippen molar-refractivity contribution in [2.24, 2.45) is 0 Å². The van der Waals surface area contributed by atoms with Gasteiger partial charge in [0.1, 0.15) is 6.04 Å². The van der Waals surface area contributed by atoms with Gasteiger partial charge in [0, 0.05) is 18.8 Å². The number of benzene rings is 3. The highest BCUT2D eigenvalue weighted by molar-refractivity contribution is 5.98. The minimum absolute atomic E-state index is 0.0233. The molecule has 0 heterocycles. The Balaban J connectivity index is 1.90. The minimum atomic E-state index is -0.473. The molecule has 1 unspecified atom stereocenters. The van der Waals surface area contributed by atoms with E-state index in [4.69, 9.17) is 4.74 Å². The summed E-state index contributed by atoms with van der Waals surface area (Å²) in [6.07, 6.45) is 2.20. The van der Waals surface area contributed by atoms with Gasteiger partial charge in [0.2, 0.25) is 5.91 Å². The molecule has 0 aliphatic heterocycles. The first-order chi connectivity index (χ1) is 16.0. The van der Waals surface area contributed by atoms with Gasteiger partial charge in [0.25, 0.3) is 0 Å². The summed E-state index contributed by atoms with van der Waals surface area (Å²) in [5.41, 5.74) is 6.68. The summed E-state index contributed by atoms with van der Waals surface area (Å²) in [6, 6.07) is 24.1. The second-order valence-corrected chi connectivity index (χ2v) is 8.33. The monoisotopic (exact) mass is 442 g/mol. The number of anilines is 1. The number of aryl methyl sites for hydroxylation is 3. The predicted octanol–water partition coefficient (Wildman–Crippen LogP) is 5.68. The Bertz CT molecular complexity index is 1040. The van der Waals surface area contributed by atoms with E-state index < -0.39 is 6.04 Å². The molecule has 0 bridgehead atoms. The maximum Gasteiger partial charge on any atom is 0.248 e. The van der Waals surface area contributed by atoms with Gasteiger partial charge in [-0.25, -0.2) is 0 Å². The molecule has 1 N–H and O–H groups in total. The predicted molar refractivity (Wildman–Crippen MR) is 136 cm³/mol. The topological polar surface area (TPSA) is 41.6 Å². The first kappa shape index (κ1) is 24.3. The maximum atomic E-state index is 14.0. The molecular weight excluding hydrogens is 408 g/mol. The van der Waals surface area contributed by atoms with Crippen LogP contribution >= 0.6 is 0 Å². The molecule has 3 rings (SSSR count). The molecule has 33 heavy (non-hydrogen) atoms. The van der Waals surface area contributed by atoms with Crippen LogP contribution < -0.4 is 10.2 Å². The van der Waals surface area contributed by atoms with Gasteiger partial charge in [-0.05, 0) is 61.6 Å². The van der Waals surface area contributed by atoms with E-state index in [0.717, 1.165) is 17.7 Å². The molecule has 0 fully saturated rings. The van der Waals surface area contributed by atoms with Crippen molar-refractivity contribution in [3.05, 3.63) is 113 Å². The van der Waals surface area contributed by atoms with Gasteiger partial charge < -0.3 is 9.64 Å². The quantitative estimate of drug-likeness (QED) is 0.307. The molecule has 0 saturated carbocycles. The second-order valence-electron chi connectivity index (χ2n) is 8.33. The van der Waals surface area contributed by atoms with Crippen molar-refractivity contribution in [2.75, 3.05) is 24.6 Å². The fourth-order valence-electron chi connectivity index (χ4n) is 3.75. The number of amides is 1. The molecule has 3 aromatic carbocycles. The Morgan fingerprint density at radius 3 is 2.39 bits per heavy atom. The van der Waals surface area contributed by atoms with Gasteiger partial charge in [0.05, 0.1) is 12.9 Å². The highest BCUT2D eigenvalue weighted by Crippen LogP contribution is 2.24. The number of nitrogens with one attached hydrogen (secondary N) is 1. The lowest BCUT2D eigenvalue weighted by atomic mass is 10.0. The first-order valence-corrected chi connectivity index (χ1v) is 11.4. The lowest BCUT2D eigenvalue weighted by Crippen LogP contribution is -2.43. The van der Waals surface area contributed by atoms with Crippen molar-refractivity contribution in [1.29, 1.82) is 0 Å². The maximum absolute atomic E-state index is 14.0. The second kappa shape index (κ2) is 12.0. The van der Waals surface area contributed by atoms with Crippen LogP contribution in [-0.2, 0) is 16.0 Å². The number of ether oxygens (including phenoxy) is 1. The molecule has 0 spiro atoms. The minimum Gasteiger partial charge on any atom is -0.500 e. The smallest absolute Gasteiger partial charge is 0.248 e. The zero-order valence-electron chi connectivity index (χ0n) is 19.9. The van der Waals surface area contributed by atoms with Gasteiger partial charge in [-0.15, -0.1) is 0 Å². The Hall–Kier alpha value is -3.37. The van der Waals surface area contributed by atoms with Crippen molar-refractivity contribution < 1.29 is 9.53 Å². The zero-order chi connectivity index (χ0) is 23.6. The average molecular weight is 443 g/mol. The van der Waals surface area contributed by atoms with Crippen LogP contribution in [0.3, 0.4) is 0 Å².